The highest BCUT2D eigenvalue weighted by Crippen LogP contribution is 2.28. The van der Waals surface area contributed by atoms with E-state index in [1.54, 1.807) is 32.9 Å². The predicted octanol–water partition coefficient (Wildman–Crippen LogP) is 3.26. The Balaban J connectivity index is 0.000000276. The lowest BCUT2D eigenvalue weighted by atomic mass is 10.2. The molecule has 0 spiro atoms. The average molecular weight is 718 g/mol. The van der Waals surface area contributed by atoms with Crippen molar-refractivity contribution in [1.82, 2.24) is 19.8 Å². The van der Waals surface area contributed by atoms with Crippen molar-refractivity contribution in [3.63, 3.8) is 0 Å². The number of nitrogens with zero attached hydrogens (tertiary/aromatic N) is 11. The van der Waals surface area contributed by atoms with E-state index in [4.69, 9.17) is 24.4 Å². The molecule has 0 N–H and O–H groups in total. The van der Waals surface area contributed by atoms with Crippen LogP contribution in [0.3, 0.4) is 0 Å². The van der Waals surface area contributed by atoms with Crippen LogP contribution in [0.4, 0.5) is 21.0 Å². The SMILES string of the molecule is CCOC(=O)N1CCN(/[N+]([O-])=N/Oc2ccc(C)cc2[N+](=O)[O-])CC1.CCOC(=O)N1CCN(/[N+]([O-])=N/Oc2ccc([N+](=O)[O-])cc2C#N)CC1. The molecule has 0 aromatic heterocycles. The van der Waals surface area contributed by atoms with Crippen molar-refractivity contribution >= 4 is 23.6 Å². The number of aryl methyl sites for hydroxylation is 1. The van der Waals surface area contributed by atoms with Crippen LogP contribution in [0.5, 0.6) is 11.5 Å². The van der Waals surface area contributed by atoms with Gasteiger partial charge in [-0.3, -0.25) is 25.1 Å². The van der Waals surface area contributed by atoms with Crippen molar-refractivity contribution in [1.29, 1.82) is 5.26 Å². The fraction of sp³-hybridized carbons (Fsp3) is 0.464. The van der Waals surface area contributed by atoms with Crippen molar-refractivity contribution in [3.05, 3.63) is 78.2 Å². The molecule has 0 atom stereocenters. The Bertz CT molecular complexity index is 1670. The third kappa shape index (κ3) is 11.2. The maximum Gasteiger partial charge on any atom is 0.409 e. The van der Waals surface area contributed by atoms with Crippen LogP contribution in [0.2, 0.25) is 0 Å². The fourth-order valence-corrected chi connectivity index (χ4v) is 4.44. The van der Waals surface area contributed by atoms with E-state index < -0.39 is 22.0 Å². The number of rotatable bonds is 10. The van der Waals surface area contributed by atoms with E-state index in [0.717, 1.165) is 12.1 Å². The number of hydrogen-bond acceptors (Lipinski definition) is 15. The van der Waals surface area contributed by atoms with E-state index in [2.05, 4.69) is 10.6 Å². The molecule has 0 aliphatic carbocycles. The summed E-state index contributed by atoms with van der Waals surface area (Å²) < 4.78 is 9.78. The van der Waals surface area contributed by atoms with Gasteiger partial charge in [0, 0.05) is 44.4 Å². The molecule has 2 amide bonds. The van der Waals surface area contributed by atoms with E-state index in [0.29, 0.717) is 18.7 Å². The number of hydrogen-bond donors (Lipinski definition) is 0. The average Bonchev–Trinajstić information content (AvgIpc) is 3.13. The molecule has 0 bridgehead atoms. The first-order valence-corrected chi connectivity index (χ1v) is 15.4. The highest BCUT2D eigenvalue weighted by atomic mass is 16.7. The zero-order chi connectivity index (χ0) is 37.5. The van der Waals surface area contributed by atoms with Crippen LogP contribution >= 0.6 is 0 Å². The second-order valence-electron chi connectivity index (χ2n) is 10.4. The number of nitro benzene ring substituents is 2. The number of nitriles is 1. The highest BCUT2D eigenvalue weighted by molar-refractivity contribution is 5.68. The first-order valence-electron chi connectivity index (χ1n) is 15.4. The third-order valence-electron chi connectivity index (χ3n) is 7.07. The minimum atomic E-state index is -0.648. The number of carbonyl (C=O) groups is 2. The molecule has 274 valence electrons. The number of piperazine rings is 2. The van der Waals surface area contributed by atoms with Gasteiger partial charge in [0.15, 0.2) is 5.75 Å². The second-order valence-corrected chi connectivity index (χ2v) is 10.4. The van der Waals surface area contributed by atoms with Gasteiger partial charge in [-0.25, -0.2) is 9.59 Å². The summed E-state index contributed by atoms with van der Waals surface area (Å²) in [5.74, 6) is -0.203. The minimum Gasteiger partial charge on any atom is -0.569 e. The first kappa shape index (κ1) is 38.7. The van der Waals surface area contributed by atoms with Crippen LogP contribution in [0, 0.1) is 48.9 Å². The molecule has 0 radical (unpaired) electrons. The smallest absolute Gasteiger partial charge is 0.409 e. The Kier molecular flexibility index (Phi) is 14.2. The molecule has 2 aliphatic rings. The lowest BCUT2D eigenvalue weighted by Crippen LogP contribution is -2.50. The predicted molar refractivity (Wildman–Crippen MR) is 169 cm³/mol. The topological polar surface area (TPSA) is 271 Å². The molecule has 23 heteroatoms. The summed E-state index contributed by atoms with van der Waals surface area (Å²) in [7, 11) is 0. The Labute approximate surface area is 289 Å². The lowest BCUT2D eigenvalue weighted by molar-refractivity contribution is -0.708. The summed E-state index contributed by atoms with van der Waals surface area (Å²) >= 11 is 0. The van der Waals surface area contributed by atoms with Gasteiger partial charge in [0.05, 0.1) is 59.2 Å². The van der Waals surface area contributed by atoms with E-state index in [-0.39, 0.29) is 90.9 Å². The number of ether oxygens (including phenoxy) is 2. The minimum absolute atomic E-state index is 0.0795. The molecule has 0 saturated carbocycles. The van der Waals surface area contributed by atoms with Crippen LogP contribution < -0.4 is 9.68 Å². The zero-order valence-corrected chi connectivity index (χ0v) is 27.9. The molecule has 51 heavy (non-hydrogen) atoms. The summed E-state index contributed by atoms with van der Waals surface area (Å²) in [4.78, 5) is 56.9. The van der Waals surface area contributed by atoms with E-state index in [1.807, 2.05) is 0 Å². The first-order chi connectivity index (χ1) is 24.4. The van der Waals surface area contributed by atoms with Crippen molar-refractivity contribution < 1.29 is 48.5 Å². The Morgan fingerprint density at radius 2 is 1.22 bits per heavy atom. The largest absolute Gasteiger partial charge is 0.569 e. The van der Waals surface area contributed by atoms with Gasteiger partial charge in [-0.2, -0.15) is 5.26 Å². The Hall–Kier alpha value is -6.73. The van der Waals surface area contributed by atoms with Crippen LogP contribution in [0.25, 0.3) is 0 Å². The quantitative estimate of drug-likeness (QED) is 0.148. The van der Waals surface area contributed by atoms with Gasteiger partial charge in [-0.05, 0) is 38.5 Å². The van der Waals surface area contributed by atoms with Crippen molar-refractivity contribution in [2.45, 2.75) is 20.8 Å². The molecule has 4 rings (SSSR count). The summed E-state index contributed by atoms with van der Waals surface area (Å²) in [5.41, 5.74) is 0.0174. The van der Waals surface area contributed by atoms with E-state index in [1.165, 1.54) is 38.0 Å². The van der Waals surface area contributed by atoms with E-state index >= 15 is 0 Å². The highest BCUT2D eigenvalue weighted by Gasteiger charge is 2.28. The molecule has 23 nitrogen and oxygen atoms in total. The lowest BCUT2D eigenvalue weighted by Gasteiger charge is -2.30. The molecule has 2 aromatic rings. The van der Waals surface area contributed by atoms with Crippen molar-refractivity contribution in [3.8, 4) is 17.6 Å². The number of benzene rings is 2. The summed E-state index contributed by atoms with van der Waals surface area (Å²) in [6.07, 6.45) is -0.870. The number of carbonyl (C=O) groups excluding carboxylic acids is 2. The normalized spacial score (nSPS) is 14.8. The number of amides is 2. The maximum atomic E-state index is 12.0. The number of nitro groups is 2. The van der Waals surface area contributed by atoms with Crippen molar-refractivity contribution in [2.75, 3.05) is 65.6 Å². The van der Waals surface area contributed by atoms with Crippen LogP contribution in [0.1, 0.15) is 25.0 Å². The molecule has 2 saturated heterocycles. The summed E-state index contributed by atoms with van der Waals surface area (Å²) in [5, 5.41) is 64.0. The van der Waals surface area contributed by atoms with E-state index in [9.17, 15) is 40.2 Å². The van der Waals surface area contributed by atoms with Crippen LogP contribution in [-0.2, 0) is 9.47 Å². The van der Waals surface area contributed by atoms with Gasteiger partial charge >= 0.3 is 17.9 Å². The zero-order valence-electron chi connectivity index (χ0n) is 27.9. The molecule has 2 aromatic carbocycles. The second kappa shape index (κ2) is 18.7. The molecule has 2 heterocycles. The molecule has 0 unspecified atom stereocenters. The molecule has 2 aliphatic heterocycles. The number of non-ortho nitro benzene ring substituents is 1. The van der Waals surface area contributed by atoms with Gasteiger partial charge < -0.3 is 34.5 Å². The Morgan fingerprint density at radius 1 is 0.745 bits per heavy atom. The summed E-state index contributed by atoms with van der Waals surface area (Å²) in [6, 6.07) is 9.42. The van der Waals surface area contributed by atoms with Gasteiger partial charge in [0.1, 0.15) is 11.6 Å². The van der Waals surface area contributed by atoms with Gasteiger partial charge in [0.2, 0.25) is 16.3 Å². The summed E-state index contributed by atoms with van der Waals surface area (Å²) in [6.45, 7) is 7.79. The third-order valence-corrected chi connectivity index (χ3v) is 7.07. The van der Waals surface area contributed by atoms with Gasteiger partial charge in [-0.15, -0.1) is 10.0 Å². The van der Waals surface area contributed by atoms with Gasteiger partial charge in [-0.1, -0.05) is 6.07 Å². The maximum absolute atomic E-state index is 12.0. The number of hydrazine groups is 2. The fourth-order valence-electron chi connectivity index (χ4n) is 4.44. The Morgan fingerprint density at radius 3 is 1.65 bits per heavy atom. The van der Waals surface area contributed by atoms with Crippen LogP contribution in [-0.4, -0.2) is 117 Å². The molecular formula is C28H35N11O12. The molecule has 2 fully saturated rings. The molecular weight excluding hydrogens is 682 g/mol. The standard InChI is InChI=1S/C14H16N6O6.C14H19N5O6/c1-2-25-14(21)17-5-7-18(8-6-17)20(24)16-26-13-4-3-12(19(22)23)9-11(13)10-15;1-3-24-14(20)16-6-8-17(9-7-16)19(23)15-25-13-5-4-11(2)10-12(13)18(21)22/h3-4,9H,2,5-8H2,1H3;4-5,10H,3,6-9H2,1-2H3/b20-16-;19-15-. The van der Waals surface area contributed by atoms with Gasteiger partial charge in [0.25, 0.3) is 5.69 Å². The van der Waals surface area contributed by atoms with Crippen LogP contribution in [0.15, 0.2) is 47.0 Å². The van der Waals surface area contributed by atoms with Crippen molar-refractivity contribution in [2.24, 2.45) is 10.6 Å². The monoisotopic (exact) mass is 717 g/mol.